The summed E-state index contributed by atoms with van der Waals surface area (Å²) in [7, 11) is 3.16. The van der Waals surface area contributed by atoms with Crippen LogP contribution in [-0.2, 0) is 19.1 Å². The molecule has 0 bridgehead atoms. The third-order valence-electron chi connectivity index (χ3n) is 6.58. The Labute approximate surface area is 247 Å². The van der Waals surface area contributed by atoms with E-state index in [4.69, 9.17) is 25.5 Å². The zero-order valence-corrected chi connectivity index (χ0v) is 24.2. The Morgan fingerprint density at radius 1 is 1.07 bits per heavy atom. The lowest BCUT2D eigenvalue weighted by Gasteiger charge is -2.26. The minimum absolute atomic E-state index is 0.0278. The number of carbonyl (C=O) groups excluding carboxylic acids is 4. The third-order valence-corrected chi connectivity index (χ3v) is 6.80. The monoisotopic (exact) mass is 600 g/mol. The van der Waals surface area contributed by atoms with Crippen molar-refractivity contribution in [3.63, 3.8) is 0 Å². The predicted molar refractivity (Wildman–Crippen MR) is 155 cm³/mol. The Balaban J connectivity index is 1.51. The van der Waals surface area contributed by atoms with Crippen molar-refractivity contribution in [3.8, 4) is 0 Å². The highest BCUT2D eigenvalue weighted by molar-refractivity contribution is 6.30. The van der Waals surface area contributed by atoms with E-state index in [1.165, 1.54) is 36.4 Å². The van der Waals surface area contributed by atoms with Gasteiger partial charge in [0.1, 0.15) is 22.7 Å². The summed E-state index contributed by atoms with van der Waals surface area (Å²) in [5, 5.41) is 5.75. The second-order valence-electron chi connectivity index (χ2n) is 9.63. The maximum absolute atomic E-state index is 13.2. The topological polar surface area (TPSA) is 156 Å². The molecule has 0 atom stereocenters. The molecule has 0 saturated carbocycles. The minimum atomic E-state index is -0.681. The number of halogens is 1. The highest BCUT2D eigenvalue weighted by Gasteiger charge is 2.26. The van der Waals surface area contributed by atoms with Gasteiger partial charge in [-0.25, -0.2) is 9.97 Å². The van der Waals surface area contributed by atoms with Crippen molar-refractivity contribution < 1.29 is 33.1 Å². The lowest BCUT2D eigenvalue weighted by Crippen LogP contribution is -2.40. The smallest absolute Gasteiger partial charge is 0.294 e. The number of ether oxygens (including phenoxy) is 2. The Kier molecular flexibility index (Phi) is 10.8. The van der Waals surface area contributed by atoms with Crippen LogP contribution in [-0.4, -0.2) is 97.0 Å². The number of morpholine rings is 1. The molecule has 4 amide bonds. The summed E-state index contributed by atoms with van der Waals surface area (Å²) in [6, 6.07) is 6.08. The van der Waals surface area contributed by atoms with Gasteiger partial charge in [0, 0.05) is 52.8 Å². The molecule has 4 rings (SSSR count). The summed E-state index contributed by atoms with van der Waals surface area (Å²) in [5.41, 5.74) is 0.475. The summed E-state index contributed by atoms with van der Waals surface area (Å²) in [4.78, 5) is 63.2. The van der Waals surface area contributed by atoms with Crippen LogP contribution in [0.3, 0.4) is 0 Å². The van der Waals surface area contributed by atoms with Crippen molar-refractivity contribution in [2.75, 3.05) is 64.2 Å². The predicted octanol–water partition coefficient (Wildman–Crippen LogP) is 3.20. The van der Waals surface area contributed by atoms with E-state index >= 15 is 0 Å². The molecule has 2 N–H and O–H groups in total. The number of furan rings is 1. The number of anilines is 2. The molecule has 1 aliphatic heterocycles. The van der Waals surface area contributed by atoms with Crippen LogP contribution in [0.4, 0.5) is 11.5 Å². The molecule has 3 aromatic heterocycles. The molecule has 0 spiro atoms. The van der Waals surface area contributed by atoms with Gasteiger partial charge in [-0.05, 0) is 37.1 Å². The van der Waals surface area contributed by atoms with Crippen molar-refractivity contribution in [1.82, 2.24) is 19.8 Å². The van der Waals surface area contributed by atoms with E-state index in [1.54, 1.807) is 18.0 Å². The molecule has 0 radical (unpaired) electrons. The Morgan fingerprint density at radius 2 is 1.83 bits per heavy atom. The summed E-state index contributed by atoms with van der Waals surface area (Å²) >= 11 is 5.89. The lowest BCUT2D eigenvalue weighted by molar-refractivity contribution is -0.135. The first-order chi connectivity index (χ1) is 20.3. The van der Waals surface area contributed by atoms with Crippen LogP contribution < -0.4 is 10.6 Å². The number of nitrogens with one attached hydrogen (secondary N) is 2. The van der Waals surface area contributed by atoms with Gasteiger partial charge < -0.3 is 34.3 Å². The molecule has 42 heavy (non-hydrogen) atoms. The number of hydrogen-bond acceptors (Lipinski definition) is 9. The second kappa shape index (κ2) is 14.7. The highest BCUT2D eigenvalue weighted by atomic mass is 35.5. The third kappa shape index (κ3) is 8.02. The van der Waals surface area contributed by atoms with Gasteiger partial charge in [-0.1, -0.05) is 11.6 Å². The van der Waals surface area contributed by atoms with Crippen LogP contribution in [0.5, 0.6) is 0 Å². The summed E-state index contributed by atoms with van der Waals surface area (Å²) in [6.45, 7) is 2.90. The zero-order chi connectivity index (χ0) is 30.1. The molecule has 1 fully saturated rings. The van der Waals surface area contributed by atoms with Crippen LogP contribution in [0.2, 0.25) is 5.02 Å². The summed E-state index contributed by atoms with van der Waals surface area (Å²) in [6.07, 6.45) is 2.78. The van der Waals surface area contributed by atoms with Crippen LogP contribution in [0.15, 0.2) is 34.9 Å². The van der Waals surface area contributed by atoms with Gasteiger partial charge in [-0.15, -0.1) is 0 Å². The van der Waals surface area contributed by atoms with Crippen LogP contribution in [0.25, 0.3) is 11.1 Å². The number of aromatic nitrogens is 2. The first kappa shape index (κ1) is 30.9. The molecule has 14 heteroatoms. The molecule has 0 aliphatic carbocycles. The number of fused-ring (bicyclic) bond motifs is 1. The van der Waals surface area contributed by atoms with Gasteiger partial charge in [-0.2, -0.15) is 0 Å². The van der Waals surface area contributed by atoms with E-state index in [0.717, 1.165) is 0 Å². The van der Waals surface area contributed by atoms with E-state index < -0.39 is 11.8 Å². The number of rotatable bonds is 12. The standard InChI is InChI=1S/C28H33ClN6O7/c1-34(11-14-40-2)28(39)19-8-9-20-24(31-19)25(26(42-20)27(38)32-21-10-7-18(29)17-30-21)33-22(36)5-3-4-6-23(37)35-12-15-41-16-13-35/h7-10,17H,3-6,11-16H2,1-2H3,(H,33,36)(H,30,32,38). The number of amides is 4. The maximum Gasteiger partial charge on any atom is 0.294 e. The zero-order valence-electron chi connectivity index (χ0n) is 23.5. The van der Waals surface area contributed by atoms with Gasteiger partial charge in [0.25, 0.3) is 11.8 Å². The van der Waals surface area contributed by atoms with Crippen LogP contribution in [0, 0.1) is 0 Å². The van der Waals surface area contributed by atoms with Crippen molar-refractivity contribution in [2.24, 2.45) is 0 Å². The number of likely N-dealkylation sites (N-methyl/N-ethyl adjacent to an activating group) is 1. The van der Waals surface area contributed by atoms with Crippen LogP contribution in [0.1, 0.15) is 46.7 Å². The van der Waals surface area contributed by atoms with E-state index in [0.29, 0.717) is 63.7 Å². The number of carbonyl (C=O) groups is 4. The van der Waals surface area contributed by atoms with Crippen molar-refractivity contribution in [1.29, 1.82) is 0 Å². The van der Waals surface area contributed by atoms with E-state index in [2.05, 4.69) is 20.6 Å². The molecule has 224 valence electrons. The molecular formula is C28H33ClN6O7. The first-order valence-corrected chi connectivity index (χ1v) is 13.9. The fourth-order valence-electron chi connectivity index (χ4n) is 4.25. The van der Waals surface area contributed by atoms with Gasteiger partial charge >= 0.3 is 0 Å². The van der Waals surface area contributed by atoms with Crippen molar-refractivity contribution >= 4 is 57.8 Å². The van der Waals surface area contributed by atoms with Crippen molar-refractivity contribution in [2.45, 2.75) is 25.7 Å². The molecule has 0 unspecified atom stereocenters. The maximum atomic E-state index is 13.2. The Hall–Kier alpha value is -4.07. The summed E-state index contributed by atoms with van der Waals surface area (Å²) in [5.74, 6) is -1.40. The van der Waals surface area contributed by atoms with Crippen LogP contribution >= 0.6 is 11.6 Å². The molecule has 1 saturated heterocycles. The second-order valence-corrected chi connectivity index (χ2v) is 10.1. The van der Waals surface area contributed by atoms with Gasteiger partial charge in [0.2, 0.25) is 17.6 Å². The normalized spacial score (nSPS) is 13.2. The Bertz CT molecular complexity index is 1420. The highest BCUT2D eigenvalue weighted by Crippen LogP contribution is 2.31. The van der Waals surface area contributed by atoms with Gasteiger partial charge in [0.15, 0.2) is 5.58 Å². The fourth-order valence-corrected chi connectivity index (χ4v) is 4.37. The van der Waals surface area contributed by atoms with Gasteiger partial charge in [0.05, 0.1) is 24.8 Å². The molecule has 0 aromatic carbocycles. The quantitative estimate of drug-likeness (QED) is 0.298. The Morgan fingerprint density at radius 3 is 2.55 bits per heavy atom. The summed E-state index contributed by atoms with van der Waals surface area (Å²) < 4.78 is 16.1. The van der Waals surface area contributed by atoms with E-state index in [-0.39, 0.29) is 52.3 Å². The number of nitrogens with zero attached hydrogens (tertiary/aromatic N) is 4. The van der Waals surface area contributed by atoms with Crippen molar-refractivity contribution in [3.05, 3.63) is 46.9 Å². The van der Waals surface area contributed by atoms with E-state index in [9.17, 15) is 19.2 Å². The number of unbranched alkanes of at least 4 members (excludes halogenated alkanes) is 1. The van der Waals surface area contributed by atoms with Gasteiger partial charge in [-0.3, -0.25) is 19.2 Å². The number of pyridine rings is 2. The molecule has 3 aromatic rings. The largest absolute Gasteiger partial charge is 0.447 e. The molecule has 1 aliphatic rings. The first-order valence-electron chi connectivity index (χ1n) is 13.5. The average molecular weight is 601 g/mol. The molecular weight excluding hydrogens is 568 g/mol. The number of hydrogen-bond donors (Lipinski definition) is 2. The minimum Gasteiger partial charge on any atom is -0.447 e. The number of methoxy groups -OCH3 is 1. The molecule has 13 nitrogen and oxygen atoms in total. The average Bonchev–Trinajstić information content (AvgIpc) is 3.36. The lowest BCUT2D eigenvalue weighted by atomic mass is 10.1. The van der Waals surface area contributed by atoms with E-state index in [1.807, 2.05) is 0 Å². The fraction of sp³-hybridized carbons (Fsp3) is 0.429. The SMILES string of the molecule is COCCN(C)C(=O)c1ccc2oc(C(=O)Nc3ccc(Cl)cn3)c(NC(=O)CCCCC(=O)N3CCOCC3)c2n1. The molecule has 4 heterocycles.